The van der Waals surface area contributed by atoms with Crippen LogP contribution in [0, 0.1) is 5.82 Å². The number of hydrogen-bond acceptors (Lipinski definition) is 7. The number of aromatic nitrogens is 5. The third kappa shape index (κ3) is 2.96. The Labute approximate surface area is 180 Å². The summed E-state index contributed by atoms with van der Waals surface area (Å²) in [6, 6.07) is 8.74. The first-order valence-electron chi connectivity index (χ1n) is 9.94. The molecule has 0 unspecified atom stereocenters. The van der Waals surface area contributed by atoms with Crippen LogP contribution >= 0.6 is 0 Å². The Hall–Kier alpha value is -4.34. The molecule has 1 aromatic carbocycles. The quantitative estimate of drug-likeness (QED) is 0.466. The zero-order chi connectivity index (χ0) is 21.7. The first kappa shape index (κ1) is 18.4. The first-order chi connectivity index (χ1) is 15.7. The van der Waals surface area contributed by atoms with Crippen LogP contribution in [-0.2, 0) is 6.42 Å². The molecule has 5 aromatic rings. The zero-order valence-corrected chi connectivity index (χ0v) is 16.5. The van der Waals surface area contributed by atoms with Gasteiger partial charge in [0.25, 0.3) is 5.91 Å². The van der Waals surface area contributed by atoms with Crippen molar-refractivity contribution in [1.82, 2.24) is 29.8 Å². The van der Waals surface area contributed by atoms with Gasteiger partial charge in [0.2, 0.25) is 17.5 Å². The monoisotopic (exact) mass is 430 g/mol. The van der Waals surface area contributed by atoms with Crippen molar-refractivity contribution >= 4 is 17.0 Å². The van der Waals surface area contributed by atoms with Gasteiger partial charge in [-0.15, -0.1) is 0 Å². The number of hydrogen-bond donors (Lipinski definition) is 1. The number of imidazole rings is 1. The molecule has 1 aliphatic rings. The molecular formula is C22H15FN6O3. The fraction of sp³-hybridized carbons (Fsp3) is 0.136. The lowest BCUT2D eigenvalue weighted by Gasteiger charge is -2.32. The lowest BCUT2D eigenvalue weighted by Crippen LogP contribution is -2.40. The number of carbonyl (C=O) groups is 1. The van der Waals surface area contributed by atoms with Crippen LogP contribution in [0.15, 0.2) is 64.0 Å². The van der Waals surface area contributed by atoms with Gasteiger partial charge in [-0.2, -0.15) is 0 Å². The molecule has 1 amide bonds. The van der Waals surface area contributed by atoms with Crippen LogP contribution in [0.3, 0.4) is 0 Å². The molecule has 10 heteroatoms. The largest absolute Gasteiger partial charge is 0.438 e. The molecule has 32 heavy (non-hydrogen) atoms. The number of benzene rings is 1. The molecule has 5 heterocycles. The van der Waals surface area contributed by atoms with Gasteiger partial charge in [0.15, 0.2) is 11.6 Å². The van der Waals surface area contributed by atoms with E-state index in [9.17, 15) is 9.18 Å². The number of nitrogens with one attached hydrogen (secondary N) is 1. The van der Waals surface area contributed by atoms with Crippen LogP contribution in [-0.4, -0.2) is 42.3 Å². The van der Waals surface area contributed by atoms with E-state index in [4.69, 9.17) is 8.83 Å². The van der Waals surface area contributed by atoms with E-state index in [1.807, 2.05) is 6.07 Å². The van der Waals surface area contributed by atoms with Crippen molar-refractivity contribution in [1.29, 1.82) is 0 Å². The van der Waals surface area contributed by atoms with E-state index in [-0.39, 0.29) is 23.4 Å². The predicted octanol–water partition coefficient (Wildman–Crippen LogP) is 3.53. The van der Waals surface area contributed by atoms with Crippen molar-refractivity contribution in [2.75, 3.05) is 6.54 Å². The average molecular weight is 430 g/mol. The fourth-order valence-corrected chi connectivity index (χ4v) is 3.90. The lowest BCUT2D eigenvalue weighted by molar-refractivity contribution is 0.0636. The van der Waals surface area contributed by atoms with Crippen LogP contribution in [0.4, 0.5) is 4.39 Å². The molecule has 6 rings (SSSR count). The molecule has 9 nitrogen and oxygen atoms in total. The SMILES string of the molecule is O=C(c1cnc(-c2ccccn2)o1)N1CCc2[nH]cnc2[C@H]1c1nc2cc(F)ccc2o1. The maximum absolute atomic E-state index is 13.7. The van der Waals surface area contributed by atoms with Gasteiger partial charge in [0.05, 0.1) is 18.2 Å². The number of fused-ring (bicyclic) bond motifs is 2. The molecule has 0 radical (unpaired) electrons. The normalized spacial score (nSPS) is 15.8. The van der Waals surface area contributed by atoms with E-state index in [0.717, 1.165) is 5.69 Å². The summed E-state index contributed by atoms with van der Waals surface area (Å²) in [6.45, 7) is 0.380. The lowest BCUT2D eigenvalue weighted by atomic mass is 10.0. The molecule has 0 bridgehead atoms. The second kappa shape index (κ2) is 7.12. The summed E-state index contributed by atoms with van der Waals surface area (Å²) in [5, 5.41) is 0. The highest BCUT2D eigenvalue weighted by Crippen LogP contribution is 2.35. The maximum Gasteiger partial charge on any atom is 0.292 e. The molecular weight excluding hydrogens is 415 g/mol. The highest BCUT2D eigenvalue weighted by Gasteiger charge is 2.39. The molecule has 0 saturated heterocycles. The number of nitrogens with zero attached hydrogens (tertiary/aromatic N) is 5. The van der Waals surface area contributed by atoms with E-state index < -0.39 is 11.9 Å². The van der Waals surface area contributed by atoms with Crippen molar-refractivity contribution in [3.05, 3.63) is 84.0 Å². The van der Waals surface area contributed by atoms with Gasteiger partial charge in [0, 0.05) is 30.9 Å². The minimum absolute atomic E-state index is 0.0665. The summed E-state index contributed by atoms with van der Waals surface area (Å²) in [4.78, 5) is 35.4. The number of aromatic amines is 1. The third-order valence-electron chi connectivity index (χ3n) is 5.39. The minimum atomic E-state index is -0.698. The van der Waals surface area contributed by atoms with E-state index in [2.05, 4.69) is 24.9 Å². The van der Waals surface area contributed by atoms with Gasteiger partial charge in [-0.25, -0.2) is 19.3 Å². The Kier molecular flexibility index (Phi) is 4.10. The average Bonchev–Trinajstić information content (AvgIpc) is 3.57. The summed E-state index contributed by atoms with van der Waals surface area (Å²) in [5.74, 6) is -0.238. The Morgan fingerprint density at radius 2 is 2.09 bits per heavy atom. The second-order valence-electron chi connectivity index (χ2n) is 7.33. The van der Waals surface area contributed by atoms with E-state index >= 15 is 0 Å². The molecule has 0 spiro atoms. The smallest absolute Gasteiger partial charge is 0.292 e. The van der Waals surface area contributed by atoms with Crippen LogP contribution in [0.5, 0.6) is 0 Å². The summed E-state index contributed by atoms with van der Waals surface area (Å²) >= 11 is 0. The Morgan fingerprint density at radius 1 is 1.16 bits per heavy atom. The minimum Gasteiger partial charge on any atom is -0.438 e. The van der Waals surface area contributed by atoms with Crippen molar-refractivity contribution in [2.24, 2.45) is 0 Å². The van der Waals surface area contributed by atoms with E-state index in [1.165, 1.54) is 24.4 Å². The number of oxazole rings is 2. The van der Waals surface area contributed by atoms with Crippen LogP contribution in [0.25, 0.3) is 22.7 Å². The summed E-state index contributed by atoms with van der Waals surface area (Å²) in [6.07, 6.45) is 5.15. The summed E-state index contributed by atoms with van der Waals surface area (Å²) in [7, 11) is 0. The molecule has 0 saturated carbocycles. The van der Waals surface area contributed by atoms with Crippen LogP contribution < -0.4 is 0 Å². The number of rotatable bonds is 3. The molecule has 158 valence electrons. The number of halogens is 1. The molecule has 0 fully saturated rings. The highest BCUT2D eigenvalue weighted by atomic mass is 19.1. The van der Waals surface area contributed by atoms with Crippen molar-refractivity contribution < 1.29 is 18.0 Å². The number of carbonyl (C=O) groups excluding carboxylic acids is 1. The van der Waals surface area contributed by atoms with Gasteiger partial charge < -0.3 is 18.7 Å². The molecule has 1 aliphatic heterocycles. The Morgan fingerprint density at radius 3 is 2.97 bits per heavy atom. The number of H-pyrrole nitrogens is 1. The molecule has 4 aromatic heterocycles. The maximum atomic E-state index is 13.7. The zero-order valence-electron chi connectivity index (χ0n) is 16.5. The predicted molar refractivity (Wildman–Crippen MR) is 109 cm³/mol. The van der Waals surface area contributed by atoms with Gasteiger partial charge in [0.1, 0.15) is 17.0 Å². The first-order valence-corrected chi connectivity index (χ1v) is 9.94. The van der Waals surface area contributed by atoms with Crippen LogP contribution in [0.1, 0.15) is 33.9 Å². The highest BCUT2D eigenvalue weighted by molar-refractivity contribution is 5.92. The van der Waals surface area contributed by atoms with Crippen LogP contribution in [0.2, 0.25) is 0 Å². The van der Waals surface area contributed by atoms with E-state index in [0.29, 0.717) is 35.5 Å². The van der Waals surface area contributed by atoms with Crippen molar-refractivity contribution in [3.63, 3.8) is 0 Å². The topological polar surface area (TPSA) is 114 Å². The molecule has 1 N–H and O–H groups in total. The fourth-order valence-electron chi connectivity index (χ4n) is 3.90. The summed E-state index contributed by atoms with van der Waals surface area (Å²) in [5.41, 5.74) is 2.83. The van der Waals surface area contributed by atoms with Crippen molar-refractivity contribution in [3.8, 4) is 11.6 Å². The number of pyridine rings is 1. The Balaban J connectivity index is 1.40. The van der Waals surface area contributed by atoms with Gasteiger partial charge in [-0.3, -0.25) is 9.78 Å². The summed E-state index contributed by atoms with van der Waals surface area (Å²) < 4.78 is 25.3. The standard InChI is InChI=1S/C22H15FN6O3/c23-12-4-5-16-15(9-12)28-21(31-16)19-18-13(26-11-27-18)6-8-29(19)22(30)17-10-25-20(32-17)14-3-1-2-7-24-14/h1-5,7,9-11,19H,6,8H2,(H,26,27)/t19-/m0/s1. The molecule has 0 aliphatic carbocycles. The van der Waals surface area contributed by atoms with Gasteiger partial charge >= 0.3 is 0 Å². The Bertz CT molecular complexity index is 1440. The molecule has 1 atom stereocenters. The van der Waals surface area contributed by atoms with Gasteiger partial charge in [-0.1, -0.05) is 6.07 Å². The van der Waals surface area contributed by atoms with E-state index in [1.54, 1.807) is 29.6 Å². The van der Waals surface area contributed by atoms with Gasteiger partial charge in [-0.05, 0) is 24.3 Å². The second-order valence-corrected chi connectivity index (χ2v) is 7.33. The number of amides is 1. The van der Waals surface area contributed by atoms with Crippen molar-refractivity contribution in [2.45, 2.75) is 12.5 Å². The third-order valence-corrected chi connectivity index (χ3v) is 5.39.